The van der Waals surface area contributed by atoms with Crippen molar-refractivity contribution in [3.05, 3.63) is 35.9 Å². The lowest BCUT2D eigenvalue weighted by molar-refractivity contribution is -0.174. The molecule has 192 valence electrons. The number of benzene rings is 1. The van der Waals surface area contributed by atoms with Crippen molar-refractivity contribution in [2.45, 2.75) is 89.3 Å². The molecule has 3 amide bonds. The van der Waals surface area contributed by atoms with Gasteiger partial charge in [0.25, 0.3) is 0 Å². The summed E-state index contributed by atoms with van der Waals surface area (Å²) in [5.74, 6) is 0.675. The van der Waals surface area contributed by atoms with Crippen molar-refractivity contribution in [1.82, 2.24) is 14.7 Å². The number of likely N-dealkylation sites (N-methyl/N-ethyl adjacent to an activating group) is 1. The van der Waals surface area contributed by atoms with Crippen LogP contribution in [0.5, 0.6) is 0 Å². The molecule has 2 saturated heterocycles. The van der Waals surface area contributed by atoms with E-state index in [0.29, 0.717) is 38.4 Å². The first-order valence-corrected chi connectivity index (χ1v) is 13.5. The maximum absolute atomic E-state index is 13.9. The molecule has 0 aromatic heterocycles. The number of rotatable bonds is 7. The Labute approximate surface area is 209 Å². The standard InChI is InChI=1S/C28H41N3O4/c1-3-4-17-31-25(32)24(20-22-11-7-5-8-12-22)29(2)26(33)28(31)15-18-30(19-16-28)27(34)35-21-23-13-9-6-10-14-23/h6,9-10,13-14,22,24H,3-5,7-8,11-12,15-21H2,1-2H3/t24-/m0/s1. The molecule has 1 aliphatic carbocycles. The van der Waals surface area contributed by atoms with Gasteiger partial charge in [-0.1, -0.05) is 75.8 Å². The Balaban J connectivity index is 1.43. The van der Waals surface area contributed by atoms with Crippen LogP contribution in [-0.2, 0) is 20.9 Å². The van der Waals surface area contributed by atoms with Crippen LogP contribution >= 0.6 is 0 Å². The average Bonchev–Trinajstić information content (AvgIpc) is 2.90. The van der Waals surface area contributed by atoms with E-state index in [-0.39, 0.29) is 30.6 Å². The molecule has 1 atom stereocenters. The average molecular weight is 484 g/mol. The summed E-state index contributed by atoms with van der Waals surface area (Å²) < 4.78 is 5.52. The Hall–Kier alpha value is -2.57. The third-order valence-electron chi connectivity index (χ3n) is 8.32. The van der Waals surface area contributed by atoms with E-state index in [1.165, 1.54) is 19.3 Å². The Kier molecular flexibility index (Phi) is 8.34. The van der Waals surface area contributed by atoms with Gasteiger partial charge in [0, 0.05) is 26.7 Å². The van der Waals surface area contributed by atoms with Crippen molar-refractivity contribution in [3.8, 4) is 0 Å². The molecule has 0 unspecified atom stereocenters. The van der Waals surface area contributed by atoms with Crippen LogP contribution in [-0.4, -0.2) is 70.9 Å². The maximum Gasteiger partial charge on any atom is 0.410 e. The zero-order valence-electron chi connectivity index (χ0n) is 21.4. The molecule has 1 saturated carbocycles. The number of unbranched alkanes of at least 4 members (excludes halogenated alkanes) is 1. The Morgan fingerprint density at radius 3 is 2.40 bits per heavy atom. The molecule has 7 nitrogen and oxygen atoms in total. The van der Waals surface area contributed by atoms with Gasteiger partial charge in [0.15, 0.2) is 0 Å². The van der Waals surface area contributed by atoms with Crippen molar-refractivity contribution < 1.29 is 19.1 Å². The lowest BCUT2D eigenvalue weighted by Crippen LogP contribution is -2.73. The quantitative estimate of drug-likeness (QED) is 0.568. The number of carbonyl (C=O) groups excluding carboxylic acids is 3. The van der Waals surface area contributed by atoms with Crippen molar-refractivity contribution in [3.63, 3.8) is 0 Å². The smallest absolute Gasteiger partial charge is 0.410 e. The van der Waals surface area contributed by atoms with Crippen LogP contribution in [0.15, 0.2) is 30.3 Å². The lowest BCUT2D eigenvalue weighted by atomic mass is 9.78. The summed E-state index contributed by atoms with van der Waals surface area (Å²) in [6.07, 6.45) is 9.23. The predicted molar refractivity (Wildman–Crippen MR) is 135 cm³/mol. The third kappa shape index (κ3) is 5.49. The van der Waals surface area contributed by atoms with Crippen LogP contribution in [0.2, 0.25) is 0 Å². The largest absolute Gasteiger partial charge is 0.445 e. The summed E-state index contributed by atoms with van der Waals surface area (Å²) >= 11 is 0. The highest BCUT2D eigenvalue weighted by molar-refractivity contribution is 6.00. The molecule has 1 aromatic carbocycles. The van der Waals surface area contributed by atoms with E-state index in [1.807, 2.05) is 42.3 Å². The van der Waals surface area contributed by atoms with E-state index in [9.17, 15) is 14.4 Å². The maximum atomic E-state index is 13.9. The number of hydrogen-bond acceptors (Lipinski definition) is 4. The number of ether oxygens (including phenoxy) is 1. The van der Waals surface area contributed by atoms with Crippen LogP contribution in [0, 0.1) is 5.92 Å². The Bertz CT molecular complexity index is 875. The van der Waals surface area contributed by atoms with Crippen LogP contribution in [0.25, 0.3) is 0 Å². The second kappa shape index (κ2) is 11.4. The molecule has 7 heteroatoms. The van der Waals surface area contributed by atoms with Gasteiger partial charge in [-0.15, -0.1) is 0 Å². The minimum Gasteiger partial charge on any atom is -0.445 e. The fourth-order valence-electron chi connectivity index (χ4n) is 6.13. The molecule has 2 heterocycles. The van der Waals surface area contributed by atoms with E-state index in [1.54, 1.807) is 9.80 Å². The normalized spacial score (nSPS) is 23.1. The first kappa shape index (κ1) is 25.5. The van der Waals surface area contributed by atoms with Gasteiger partial charge in [-0.3, -0.25) is 9.59 Å². The van der Waals surface area contributed by atoms with Gasteiger partial charge in [0.05, 0.1) is 0 Å². The number of piperazine rings is 1. The SMILES string of the molecule is CCCCN1C(=O)[C@H](CC2CCCCC2)N(C)C(=O)C12CCN(C(=O)OCc1ccccc1)CC2. The summed E-state index contributed by atoms with van der Waals surface area (Å²) in [4.78, 5) is 45.7. The predicted octanol–water partition coefficient (Wildman–Crippen LogP) is 4.60. The topological polar surface area (TPSA) is 70.2 Å². The Morgan fingerprint density at radius 2 is 1.74 bits per heavy atom. The van der Waals surface area contributed by atoms with Gasteiger partial charge in [0.1, 0.15) is 18.2 Å². The van der Waals surface area contributed by atoms with E-state index >= 15 is 0 Å². The lowest BCUT2D eigenvalue weighted by Gasteiger charge is -2.54. The van der Waals surface area contributed by atoms with Crippen LogP contribution < -0.4 is 0 Å². The first-order chi connectivity index (χ1) is 17.0. The van der Waals surface area contributed by atoms with Crippen LogP contribution in [0.3, 0.4) is 0 Å². The van der Waals surface area contributed by atoms with Gasteiger partial charge >= 0.3 is 6.09 Å². The number of carbonyl (C=O) groups is 3. The van der Waals surface area contributed by atoms with E-state index in [4.69, 9.17) is 4.74 Å². The monoisotopic (exact) mass is 483 g/mol. The highest BCUT2D eigenvalue weighted by Gasteiger charge is 2.56. The molecular weight excluding hydrogens is 442 g/mol. The number of likely N-dealkylation sites (tertiary alicyclic amines) is 1. The minimum absolute atomic E-state index is 0.0475. The van der Waals surface area contributed by atoms with Crippen molar-refractivity contribution in [2.24, 2.45) is 5.92 Å². The zero-order chi connectivity index (χ0) is 24.8. The van der Waals surface area contributed by atoms with E-state index in [2.05, 4.69) is 6.92 Å². The molecule has 0 bridgehead atoms. The van der Waals surface area contributed by atoms with Gasteiger partial charge in [-0.2, -0.15) is 0 Å². The number of hydrogen-bond donors (Lipinski definition) is 0. The second-order valence-corrected chi connectivity index (χ2v) is 10.6. The molecular formula is C28H41N3O4. The molecule has 0 radical (unpaired) electrons. The molecule has 2 aliphatic heterocycles. The summed E-state index contributed by atoms with van der Waals surface area (Å²) in [6.45, 7) is 3.77. The van der Waals surface area contributed by atoms with Gasteiger partial charge < -0.3 is 19.4 Å². The highest BCUT2D eigenvalue weighted by atomic mass is 16.6. The molecule has 1 spiro atoms. The summed E-state index contributed by atoms with van der Waals surface area (Å²) in [5, 5.41) is 0. The summed E-state index contributed by atoms with van der Waals surface area (Å²) in [5.41, 5.74) is 0.0963. The highest BCUT2D eigenvalue weighted by Crippen LogP contribution is 2.39. The summed E-state index contributed by atoms with van der Waals surface area (Å²) in [6, 6.07) is 9.26. The molecule has 3 aliphatic rings. The van der Waals surface area contributed by atoms with Gasteiger partial charge in [0.2, 0.25) is 11.8 Å². The summed E-state index contributed by atoms with van der Waals surface area (Å²) in [7, 11) is 1.81. The number of nitrogens with zero attached hydrogens (tertiary/aromatic N) is 3. The van der Waals surface area contributed by atoms with Crippen molar-refractivity contribution >= 4 is 17.9 Å². The molecule has 4 rings (SSSR count). The third-order valence-corrected chi connectivity index (χ3v) is 8.32. The van der Waals surface area contributed by atoms with Crippen molar-refractivity contribution in [2.75, 3.05) is 26.7 Å². The fourth-order valence-corrected chi connectivity index (χ4v) is 6.13. The van der Waals surface area contributed by atoms with Gasteiger partial charge in [-0.25, -0.2) is 4.79 Å². The molecule has 1 aromatic rings. The fraction of sp³-hybridized carbons (Fsp3) is 0.679. The molecule has 35 heavy (non-hydrogen) atoms. The first-order valence-electron chi connectivity index (χ1n) is 13.5. The van der Waals surface area contributed by atoms with Crippen LogP contribution in [0.4, 0.5) is 4.79 Å². The van der Waals surface area contributed by atoms with E-state index < -0.39 is 5.54 Å². The van der Waals surface area contributed by atoms with Crippen LogP contribution in [0.1, 0.15) is 76.7 Å². The second-order valence-electron chi connectivity index (χ2n) is 10.6. The molecule has 3 fully saturated rings. The zero-order valence-corrected chi connectivity index (χ0v) is 21.4. The minimum atomic E-state index is -0.847. The van der Waals surface area contributed by atoms with Crippen molar-refractivity contribution in [1.29, 1.82) is 0 Å². The molecule has 0 N–H and O–H groups in total. The number of amides is 3. The van der Waals surface area contributed by atoms with E-state index in [0.717, 1.165) is 37.7 Å². The Morgan fingerprint density at radius 1 is 1.06 bits per heavy atom. The number of piperidine rings is 1. The van der Waals surface area contributed by atoms with Gasteiger partial charge in [-0.05, 0) is 37.2 Å².